The third kappa shape index (κ3) is 3.93. The normalized spacial score (nSPS) is 34.0. The lowest BCUT2D eigenvalue weighted by atomic mass is 9.84. The summed E-state index contributed by atoms with van der Waals surface area (Å²) >= 11 is 0. The average molecular weight is 267 g/mol. The Kier molecular flexibility index (Phi) is 4.85. The zero-order chi connectivity index (χ0) is 14.0. The second-order valence-electron chi connectivity index (χ2n) is 6.69. The summed E-state index contributed by atoms with van der Waals surface area (Å²) in [7, 11) is 0. The van der Waals surface area contributed by atoms with Crippen LogP contribution in [0.3, 0.4) is 0 Å². The van der Waals surface area contributed by atoms with Crippen LogP contribution in [-0.2, 0) is 4.79 Å². The standard InChI is InChI=1S/C15H29N3O/c1-10-6-11(2)12(3)18(9-10)14(8-16)7-15(19)17-13-4-5-13/h10-14H,4-9,16H2,1-3H3,(H,17,19). The molecule has 2 fully saturated rings. The van der Waals surface area contributed by atoms with E-state index in [4.69, 9.17) is 5.73 Å². The highest BCUT2D eigenvalue weighted by Crippen LogP contribution is 2.29. The number of likely N-dealkylation sites (tertiary alicyclic amines) is 1. The van der Waals surface area contributed by atoms with Crippen molar-refractivity contribution in [3.05, 3.63) is 0 Å². The molecule has 19 heavy (non-hydrogen) atoms. The van der Waals surface area contributed by atoms with Crippen LogP contribution in [-0.4, -0.2) is 42.0 Å². The Balaban J connectivity index is 1.92. The van der Waals surface area contributed by atoms with Gasteiger partial charge in [0, 0.05) is 37.6 Å². The molecule has 1 amide bonds. The third-order valence-electron chi connectivity index (χ3n) is 4.75. The number of piperidine rings is 1. The quantitative estimate of drug-likeness (QED) is 0.790. The minimum atomic E-state index is 0.177. The summed E-state index contributed by atoms with van der Waals surface area (Å²) in [4.78, 5) is 14.4. The molecule has 0 aromatic carbocycles. The molecule has 1 aliphatic carbocycles. The molecule has 4 heteroatoms. The van der Waals surface area contributed by atoms with Crippen LogP contribution in [0.1, 0.15) is 46.5 Å². The molecule has 2 rings (SSSR count). The van der Waals surface area contributed by atoms with Crippen molar-refractivity contribution in [1.82, 2.24) is 10.2 Å². The predicted octanol–water partition coefficient (Wildman–Crippen LogP) is 1.35. The monoisotopic (exact) mass is 267 g/mol. The van der Waals surface area contributed by atoms with E-state index < -0.39 is 0 Å². The van der Waals surface area contributed by atoms with Crippen molar-refractivity contribution in [2.24, 2.45) is 17.6 Å². The highest BCUT2D eigenvalue weighted by atomic mass is 16.1. The van der Waals surface area contributed by atoms with E-state index in [1.54, 1.807) is 0 Å². The van der Waals surface area contributed by atoms with Crippen LogP contribution in [0.2, 0.25) is 0 Å². The molecule has 0 radical (unpaired) electrons. The van der Waals surface area contributed by atoms with E-state index in [1.807, 2.05) is 0 Å². The molecule has 1 heterocycles. The third-order valence-corrected chi connectivity index (χ3v) is 4.75. The lowest BCUT2D eigenvalue weighted by Gasteiger charge is -2.45. The van der Waals surface area contributed by atoms with Gasteiger partial charge in [0.1, 0.15) is 0 Å². The van der Waals surface area contributed by atoms with Gasteiger partial charge in [0.05, 0.1) is 0 Å². The molecule has 2 aliphatic rings. The number of carbonyl (C=O) groups excluding carboxylic acids is 1. The van der Waals surface area contributed by atoms with Gasteiger partial charge in [-0.2, -0.15) is 0 Å². The lowest BCUT2D eigenvalue weighted by molar-refractivity contribution is -0.123. The van der Waals surface area contributed by atoms with Crippen molar-refractivity contribution in [2.45, 2.75) is 64.6 Å². The molecular weight excluding hydrogens is 238 g/mol. The smallest absolute Gasteiger partial charge is 0.221 e. The number of nitrogens with two attached hydrogens (primary N) is 1. The Labute approximate surface area is 117 Å². The van der Waals surface area contributed by atoms with Crippen molar-refractivity contribution in [3.8, 4) is 0 Å². The van der Waals surface area contributed by atoms with E-state index in [1.165, 1.54) is 6.42 Å². The summed E-state index contributed by atoms with van der Waals surface area (Å²) in [6.07, 6.45) is 4.13. The molecule has 4 atom stereocenters. The maximum atomic E-state index is 12.0. The van der Waals surface area contributed by atoms with Crippen molar-refractivity contribution in [1.29, 1.82) is 0 Å². The molecule has 1 aliphatic heterocycles. The zero-order valence-electron chi connectivity index (χ0n) is 12.6. The second kappa shape index (κ2) is 6.23. The molecule has 110 valence electrons. The predicted molar refractivity (Wildman–Crippen MR) is 77.7 cm³/mol. The first-order valence-electron chi connectivity index (χ1n) is 7.76. The van der Waals surface area contributed by atoms with E-state index >= 15 is 0 Å². The van der Waals surface area contributed by atoms with Gasteiger partial charge in [-0.1, -0.05) is 13.8 Å². The van der Waals surface area contributed by atoms with E-state index in [2.05, 4.69) is 31.0 Å². The molecule has 1 saturated heterocycles. The molecule has 0 aromatic heterocycles. The van der Waals surface area contributed by atoms with Gasteiger partial charge in [-0.3, -0.25) is 9.69 Å². The minimum Gasteiger partial charge on any atom is -0.353 e. The van der Waals surface area contributed by atoms with E-state index in [9.17, 15) is 4.79 Å². The van der Waals surface area contributed by atoms with Crippen LogP contribution in [0, 0.1) is 11.8 Å². The van der Waals surface area contributed by atoms with Gasteiger partial charge in [0.15, 0.2) is 0 Å². The molecular formula is C15H29N3O. The first-order chi connectivity index (χ1) is 9.01. The Morgan fingerprint density at radius 2 is 2.05 bits per heavy atom. The summed E-state index contributed by atoms with van der Waals surface area (Å²) in [6.45, 7) is 8.53. The molecule has 1 saturated carbocycles. The first kappa shape index (κ1) is 14.8. The number of amides is 1. The molecule has 0 bridgehead atoms. The van der Waals surface area contributed by atoms with Crippen molar-refractivity contribution >= 4 is 5.91 Å². The largest absolute Gasteiger partial charge is 0.353 e. The zero-order valence-corrected chi connectivity index (χ0v) is 12.6. The summed E-state index contributed by atoms with van der Waals surface area (Å²) in [6, 6.07) is 1.17. The number of nitrogens with zero attached hydrogens (tertiary/aromatic N) is 1. The minimum absolute atomic E-state index is 0.177. The number of hydrogen-bond donors (Lipinski definition) is 2. The number of rotatable bonds is 5. The van der Waals surface area contributed by atoms with Crippen LogP contribution < -0.4 is 11.1 Å². The van der Waals surface area contributed by atoms with Gasteiger partial charge in [0.25, 0.3) is 0 Å². The number of nitrogens with one attached hydrogen (secondary N) is 1. The first-order valence-corrected chi connectivity index (χ1v) is 7.76. The molecule has 3 N–H and O–H groups in total. The number of carbonyl (C=O) groups is 1. The Hall–Kier alpha value is -0.610. The van der Waals surface area contributed by atoms with Gasteiger partial charge in [-0.05, 0) is 38.0 Å². The fourth-order valence-corrected chi connectivity index (χ4v) is 3.31. The highest BCUT2D eigenvalue weighted by molar-refractivity contribution is 5.77. The highest BCUT2D eigenvalue weighted by Gasteiger charge is 2.34. The Morgan fingerprint density at radius 1 is 1.37 bits per heavy atom. The van der Waals surface area contributed by atoms with E-state index in [-0.39, 0.29) is 11.9 Å². The maximum Gasteiger partial charge on any atom is 0.221 e. The topological polar surface area (TPSA) is 58.4 Å². The summed E-state index contributed by atoms with van der Waals surface area (Å²) in [5.74, 6) is 1.56. The fraction of sp³-hybridized carbons (Fsp3) is 0.933. The summed E-state index contributed by atoms with van der Waals surface area (Å²) < 4.78 is 0. The van der Waals surface area contributed by atoms with Gasteiger partial charge >= 0.3 is 0 Å². The summed E-state index contributed by atoms with van der Waals surface area (Å²) in [5.41, 5.74) is 5.93. The van der Waals surface area contributed by atoms with Crippen molar-refractivity contribution < 1.29 is 4.79 Å². The molecule has 0 spiro atoms. The van der Waals surface area contributed by atoms with Gasteiger partial charge < -0.3 is 11.1 Å². The van der Waals surface area contributed by atoms with Crippen LogP contribution in [0.5, 0.6) is 0 Å². The Morgan fingerprint density at radius 3 is 2.63 bits per heavy atom. The maximum absolute atomic E-state index is 12.0. The number of hydrogen-bond acceptors (Lipinski definition) is 3. The van der Waals surface area contributed by atoms with E-state index in [0.717, 1.165) is 19.4 Å². The van der Waals surface area contributed by atoms with Gasteiger partial charge in [0.2, 0.25) is 5.91 Å². The lowest BCUT2D eigenvalue weighted by Crippen LogP contribution is -2.54. The van der Waals surface area contributed by atoms with Crippen LogP contribution >= 0.6 is 0 Å². The van der Waals surface area contributed by atoms with Gasteiger partial charge in [-0.15, -0.1) is 0 Å². The van der Waals surface area contributed by atoms with Crippen molar-refractivity contribution in [3.63, 3.8) is 0 Å². The second-order valence-corrected chi connectivity index (χ2v) is 6.69. The SMILES string of the molecule is CC1CC(C)C(C)N(C(CN)CC(=O)NC2CC2)C1. The summed E-state index contributed by atoms with van der Waals surface area (Å²) in [5, 5.41) is 3.07. The van der Waals surface area contributed by atoms with Gasteiger partial charge in [-0.25, -0.2) is 0 Å². The fourth-order valence-electron chi connectivity index (χ4n) is 3.31. The van der Waals surface area contributed by atoms with Crippen LogP contribution in [0.15, 0.2) is 0 Å². The van der Waals surface area contributed by atoms with Crippen LogP contribution in [0.4, 0.5) is 0 Å². The molecule has 4 unspecified atom stereocenters. The van der Waals surface area contributed by atoms with E-state index in [0.29, 0.717) is 36.9 Å². The Bertz CT molecular complexity index is 317. The van der Waals surface area contributed by atoms with Crippen molar-refractivity contribution in [2.75, 3.05) is 13.1 Å². The molecule has 4 nitrogen and oxygen atoms in total. The molecule has 0 aromatic rings. The average Bonchev–Trinajstić information content (AvgIpc) is 3.14. The van der Waals surface area contributed by atoms with Crippen LogP contribution in [0.25, 0.3) is 0 Å².